The molecule has 5 heteroatoms. The Labute approximate surface area is 131 Å². The summed E-state index contributed by atoms with van der Waals surface area (Å²) in [6.07, 6.45) is 4.58. The molecule has 1 aliphatic rings. The van der Waals surface area contributed by atoms with Gasteiger partial charge in [0.1, 0.15) is 0 Å². The van der Waals surface area contributed by atoms with Crippen LogP contribution in [0, 0.1) is 5.92 Å². The largest absolute Gasteiger partial charge is 0.341 e. The number of hydrogen-bond donors (Lipinski definition) is 0. The third-order valence-electron chi connectivity index (χ3n) is 4.33. The van der Waals surface area contributed by atoms with Gasteiger partial charge in [-0.05, 0) is 43.1 Å². The molecule has 0 N–H and O–H groups in total. The summed E-state index contributed by atoms with van der Waals surface area (Å²) in [6.45, 7) is 5.23. The number of rotatable bonds is 2. The lowest BCUT2D eigenvalue weighted by Crippen LogP contribution is -2.34. The van der Waals surface area contributed by atoms with Crippen LogP contribution in [0.25, 0.3) is 11.0 Å². The summed E-state index contributed by atoms with van der Waals surface area (Å²) in [4.78, 5) is 24.9. The van der Waals surface area contributed by atoms with Crippen LogP contribution in [0.3, 0.4) is 0 Å². The van der Waals surface area contributed by atoms with Crippen LogP contribution in [0.5, 0.6) is 0 Å². The molecule has 1 amide bonds. The third kappa shape index (κ3) is 3.25. The van der Waals surface area contributed by atoms with Crippen molar-refractivity contribution in [2.24, 2.45) is 5.92 Å². The van der Waals surface area contributed by atoms with Crippen molar-refractivity contribution in [3.8, 4) is 0 Å². The molecule has 116 valence electrons. The van der Waals surface area contributed by atoms with Gasteiger partial charge in [-0.3, -0.25) is 14.8 Å². The SMILES string of the molecule is CC(=O)N1CCN(C)CC(Cc2ccnc3cccnc23)C1. The molecule has 3 rings (SSSR count). The molecular formula is C17H22N4O. The molecule has 1 atom stereocenters. The molecule has 2 aromatic rings. The molecule has 3 heterocycles. The molecule has 0 saturated carbocycles. The zero-order valence-electron chi connectivity index (χ0n) is 13.2. The first-order valence-electron chi connectivity index (χ1n) is 7.76. The Kier molecular flexibility index (Phi) is 4.34. The Balaban J connectivity index is 1.84. The molecule has 22 heavy (non-hydrogen) atoms. The third-order valence-corrected chi connectivity index (χ3v) is 4.33. The van der Waals surface area contributed by atoms with Crippen LogP contribution in [0.15, 0.2) is 30.6 Å². The Bertz CT molecular complexity index is 667. The predicted octanol–water partition coefficient (Wildman–Crippen LogP) is 1.58. The molecule has 0 spiro atoms. The van der Waals surface area contributed by atoms with Crippen LogP contribution >= 0.6 is 0 Å². The molecule has 0 aromatic carbocycles. The number of carbonyl (C=O) groups excluding carboxylic acids is 1. The Hall–Kier alpha value is -2.01. The Morgan fingerprint density at radius 3 is 2.91 bits per heavy atom. The molecule has 0 radical (unpaired) electrons. The van der Waals surface area contributed by atoms with E-state index in [0.717, 1.165) is 43.6 Å². The maximum absolute atomic E-state index is 11.8. The minimum atomic E-state index is 0.165. The molecular weight excluding hydrogens is 276 g/mol. The summed E-state index contributed by atoms with van der Waals surface area (Å²) in [5.74, 6) is 0.585. The van der Waals surface area contributed by atoms with Crippen molar-refractivity contribution in [3.05, 3.63) is 36.2 Å². The lowest BCUT2D eigenvalue weighted by Gasteiger charge is -2.23. The van der Waals surface area contributed by atoms with Crippen molar-refractivity contribution in [2.45, 2.75) is 13.3 Å². The van der Waals surface area contributed by atoms with Crippen LogP contribution in [0.1, 0.15) is 12.5 Å². The first kappa shape index (κ1) is 14.9. The van der Waals surface area contributed by atoms with E-state index in [1.165, 1.54) is 5.56 Å². The minimum Gasteiger partial charge on any atom is -0.341 e. The van der Waals surface area contributed by atoms with Gasteiger partial charge >= 0.3 is 0 Å². The number of fused-ring (bicyclic) bond motifs is 1. The van der Waals surface area contributed by atoms with Gasteiger partial charge in [-0.2, -0.15) is 0 Å². The lowest BCUT2D eigenvalue weighted by atomic mass is 9.98. The van der Waals surface area contributed by atoms with Crippen LogP contribution in [-0.4, -0.2) is 58.9 Å². The van der Waals surface area contributed by atoms with Crippen molar-refractivity contribution < 1.29 is 4.79 Å². The fraction of sp³-hybridized carbons (Fsp3) is 0.471. The zero-order valence-corrected chi connectivity index (χ0v) is 13.2. The quantitative estimate of drug-likeness (QED) is 0.845. The molecule has 1 unspecified atom stereocenters. The van der Waals surface area contributed by atoms with Gasteiger partial charge in [0.25, 0.3) is 0 Å². The van der Waals surface area contributed by atoms with Crippen molar-refractivity contribution in [1.29, 1.82) is 0 Å². The van der Waals surface area contributed by atoms with Crippen molar-refractivity contribution in [1.82, 2.24) is 19.8 Å². The van der Waals surface area contributed by atoms with Gasteiger partial charge in [-0.25, -0.2) is 0 Å². The van der Waals surface area contributed by atoms with Crippen LogP contribution in [0.4, 0.5) is 0 Å². The first-order valence-corrected chi connectivity index (χ1v) is 7.76. The van der Waals surface area contributed by atoms with Gasteiger partial charge in [0.15, 0.2) is 0 Å². The number of pyridine rings is 2. The van der Waals surface area contributed by atoms with E-state index in [9.17, 15) is 4.79 Å². The number of nitrogens with zero attached hydrogens (tertiary/aromatic N) is 4. The van der Waals surface area contributed by atoms with E-state index < -0.39 is 0 Å². The monoisotopic (exact) mass is 298 g/mol. The highest BCUT2D eigenvalue weighted by molar-refractivity contribution is 5.77. The van der Waals surface area contributed by atoms with E-state index in [1.54, 1.807) is 6.92 Å². The summed E-state index contributed by atoms with van der Waals surface area (Å²) in [5.41, 5.74) is 3.13. The number of likely N-dealkylation sites (N-methyl/N-ethyl adjacent to an activating group) is 1. The van der Waals surface area contributed by atoms with E-state index in [2.05, 4.69) is 28.0 Å². The second-order valence-electron chi connectivity index (χ2n) is 6.14. The highest BCUT2D eigenvalue weighted by Crippen LogP contribution is 2.20. The molecule has 0 aliphatic carbocycles. The highest BCUT2D eigenvalue weighted by Gasteiger charge is 2.23. The van der Waals surface area contributed by atoms with Crippen molar-refractivity contribution in [3.63, 3.8) is 0 Å². The lowest BCUT2D eigenvalue weighted by molar-refractivity contribution is -0.129. The highest BCUT2D eigenvalue weighted by atomic mass is 16.2. The van der Waals surface area contributed by atoms with E-state index >= 15 is 0 Å². The zero-order chi connectivity index (χ0) is 15.5. The van der Waals surface area contributed by atoms with Crippen molar-refractivity contribution in [2.75, 3.05) is 33.2 Å². The number of amides is 1. The van der Waals surface area contributed by atoms with Crippen molar-refractivity contribution >= 4 is 16.9 Å². The average Bonchev–Trinajstić information content (AvgIpc) is 2.69. The smallest absolute Gasteiger partial charge is 0.219 e. The molecule has 1 aliphatic heterocycles. The van der Waals surface area contributed by atoms with Gasteiger partial charge in [0.05, 0.1) is 11.0 Å². The maximum atomic E-state index is 11.8. The molecule has 1 saturated heterocycles. The fourth-order valence-electron chi connectivity index (χ4n) is 3.21. The maximum Gasteiger partial charge on any atom is 0.219 e. The summed E-state index contributed by atoms with van der Waals surface area (Å²) in [5, 5.41) is 0. The normalized spacial score (nSPS) is 20.1. The standard InChI is InChI=1S/C17H22N4O/c1-13(22)21-9-8-20(2)11-14(12-21)10-15-5-7-18-16-4-3-6-19-17(15)16/h3-7,14H,8-12H2,1-2H3. The fourth-order valence-corrected chi connectivity index (χ4v) is 3.21. The molecule has 0 bridgehead atoms. The Morgan fingerprint density at radius 1 is 1.23 bits per heavy atom. The molecule has 1 fully saturated rings. The van der Waals surface area contributed by atoms with Crippen LogP contribution < -0.4 is 0 Å². The van der Waals surface area contributed by atoms with E-state index in [4.69, 9.17) is 0 Å². The second kappa shape index (κ2) is 6.40. The average molecular weight is 298 g/mol. The summed E-state index contributed by atoms with van der Waals surface area (Å²) in [6, 6.07) is 5.96. The van der Waals surface area contributed by atoms with Crippen LogP contribution in [0.2, 0.25) is 0 Å². The van der Waals surface area contributed by atoms with Crippen LogP contribution in [-0.2, 0) is 11.2 Å². The second-order valence-corrected chi connectivity index (χ2v) is 6.14. The van der Waals surface area contributed by atoms with Gasteiger partial charge < -0.3 is 9.80 Å². The summed E-state index contributed by atoms with van der Waals surface area (Å²) in [7, 11) is 2.12. The van der Waals surface area contributed by atoms with E-state index in [1.807, 2.05) is 29.4 Å². The van der Waals surface area contributed by atoms with Gasteiger partial charge in [0, 0.05) is 45.5 Å². The van der Waals surface area contributed by atoms with Gasteiger partial charge in [0.2, 0.25) is 5.91 Å². The van der Waals surface area contributed by atoms with E-state index in [-0.39, 0.29) is 5.91 Å². The topological polar surface area (TPSA) is 49.3 Å². The minimum absolute atomic E-state index is 0.165. The summed E-state index contributed by atoms with van der Waals surface area (Å²) >= 11 is 0. The molecule has 2 aromatic heterocycles. The predicted molar refractivity (Wildman–Crippen MR) is 86.5 cm³/mol. The van der Waals surface area contributed by atoms with Gasteiger partial charge in [-0.15, -0.1) is 0 Å². The number of carbonyl (C=O) groups is 1. The van der Waals surface area contributed by atoms with E-state index in [0.29, 0.717) is 5.92 Å². The first-order chi connectivity index (χ1) is 10.6. The number of aromatic nitrogens is 2. The molecule has 5 nitrogen and oxygen atoms in total. The summed E-state index contributed by atoms with van der Waals surface area (Å²) < 4.78 is 0. The number of hydrogen-bond acceptors (Lipinski definition) is 4. The van der Waals surface area contributed by atoms with Gasteiger partial charge in [-0.1, -0.05) is 0 Å². The Morgan fingerprint density at radius 2 is 2.09 bits per heavy atom.